The van der Waals surface area contributed by atoms with E-state index in [1.807, 2.05) is 22.7 Å². The number of hydrogen-bond donors (Lipinski definition) is 1. The Labute approximate surface area is 87.7 Å². The molecule has 4 heteroatoms. The van der Waals surface area contributed by atoms with Crippen molar-refractivity contribution in [2.75, 3.05) is 12.8 Å². The second-order valence-corrected chi connectivity index (χ2v) is 3.93. The van der Waals surface area contributed by atoms with Gasteiger partial charge < -0.3 is 10.5 Å². The van der Waals surface area contributed by atoms with Gasteiger partial charge in [0.1, 0.15) is 5.82 Å². The first-order valence-corrected chi connectivity index (χ1v) is 5.11. The fraction of sp³-hybridized carbons (Fsp3) is 0.364. The molecule has 1 aliphatic carbocycles. The summed E-state index contributed by atoms with van der Waals surface area (Å²) in [6.45, 7) is 0. The highest BCUT2D eigenvalue weighted by Crippen LogP contribution is 2.42. The molecule has 0 aliphatic heterocycles. The molecule has 3 rings (SSSR count). The Hall–Kier alpha value is -1.71. The molecule has 1 fully saturated rings. The maximum absolute atomic E-state index is 6.05. The Bertz CT molecular complexity index is 514. The monoisotopic (exact) mass is 203 g/mol. The molecule has 0 saturated heterocycles. The van der Waals surface area contributed by atoms with E-state index in [1.54, 1.807) is 7.11 Å². The number of rotatable bonds is 2. The lowest BCUT2D eigenvalue weighted by atomic mass is 10.3. The summed E-state index contributed by atoms with van der Waals surface area (Å²) in [5.41, 5.74) is 7.89. The van der Waals surface area contributed by atoms with Crippen molar-refractivity contribution in [2.24, 2.45) is 0 Å². The molecule has 15 heavy (non-hydrogen) atoms. The first-order chi connectivity index (χ1) is 7.31. The molecule has 4 nitrogen and oxygen atoms in total. The molecule has 0 radical (unpaired) electrons. The van der Waals surface area contributed by atoms with E-state index in [4.69, 9.17) is 10.5 Å². The standard InChI is InChI=1S/C11H13N3O/c1-15-8-3-2-6-14-10(12)9(7-4-5-7)13-11(8)14/h2-3,6-7H,4-5,12H2,1H3. The molecule has 2 heterocycles. The third kappa shape index (κ3) is 1.17. The van der Waals surface area contributed by atoms with E-state index in [0.29, 0.717) is 5.92 Å². The number of fused-ring (bicyclic) bond motifs is 1. The third-order valence-corrected chi connectivity index (χ3v) is 2.86. The van der Waals surface area contributed by atoms with Crippen LogP contribution < -0.4 is 10.5 Å². The quantitative estimate of drug-likeness (QED) is 0.809. The third-order valence-electron chi connectivity index (χ3n) is 2.86. The van der Waals surface area contributed by atoms with Crippen LogP contribution in [0.1, 0.15) is 24.5 Å². The zero-order chi connectivity index (χ0) is 10.4. The van der Waals surface area contributed by atoms with Crippen LogP contribution in [0.4, 0.5) is 5.82 Å². The first kappa shape index (κ1) is 8.59. The zero-order valence-corrected chi connectivity index (χ0v) is 8.60. The van der Waals surface area contributed by atoms with E-state index in [-0.39, 0.29) is 0 Å². The van der Waals surface area contributed by atoms with Crippen molar-refractivity contribution in [1.29, 1.82) is 0 Å². The summed E-state index contributed by atoms with van der Waals surface area (Å²) in [7, 11) is 1.65. The zero-order valence-electron chi connectivity index (χ0n) is 8.60. The van der Waals surface area contributed by atoms with Gasteiger partial charge in [-0.05, 0) is 25.0 Å². The Balaban J connectivity index is 2.28. The molecule has 0 bridgehead atoms. The van der Waals surface area contributed by atoms with Crippen LogP contribution in [0.15, 0.2) is 18.3 Å². The number of imidazole rings is 1. The fourth-order valence-electron chi connectivity index (χ4n) is 1.90. The first-order valence-electron chi connectivity index (χ1n) is 5.11. The van der Waals surface area contributed by atoms with Crippen LogP contribution in [-0.2, 0) is 0 Å². The summed E-state index contributed by atoms with van der Waals surface area (Å²) in [4.78, 5) is 4.56. The minimum atomic E-state index is 0.564. The topological polar surface area (TPSA) is 52.5 Å². The van der Waals surface area contributed by atoms with Crippen molar-refractivity contribution in [2.45, 2.75) is 18.8 Å². The van der Waals surface area contributed by atoms with Crippen molar-refractivity contribution in [1.82, 2.24) is 9.38 Å². The highest BCUT2D eigenvalue weighted by Gasteiger charge is 2.29. The lowest BCUT2D eigenvalue weighted by Crippen LogP contribution is -1.95. The SMILES string of the molecule is COc1cccn2c(N)c(C3CC3)nc12. The van der Waals surface area contributed by atoms with Gasteiger partial charge in [0.05, 0.1) is 12.8 Å². The Morgan fingerprint density at radius 2 is 2.33 bits per heavy atom. The maximum atomic E-state index is 6.05. The highest BCUT2D eigenvalue weighted by atomic mass is 16.5. The summed E-state index contributed by atoms with van der Waals surface area (Å²) in [5.74, 6) is 2.09. The van der Waals surface area contributed by atoms with Gasteiger partial charge in [0.15, 0.2) is 11.4 Å². The normalized spacial score (nSPS) is 15.8. The average Bonchev–Trinajstić information content (AvgIpc) is 3.04. The van der Waals surface area contributed by atoms with Gasteiger partial charge in [-0.3, -0.25) is 4.40 Å². The molecule has 1 saturated carbocycles. The average molecular weight is 203 g/mol. The van der Waals surface area contributed by atoms with Gasteiger partial charge in [0, 0.05) is 12.1 Å². The molecule has 0 unspecified atom stereocenters. The van der Waals surface area contributed by atoms with Crippen LogP contribution >= 0.6 is 0 Å². The minimum Gasteiger partial charge on any atom is -0.493 e. The van der Waals surface area contributed by atoms with Gasteiger partial charge in [0.2, 0.25) is 0 Å². The van der Waals surface area contributed by atoms with Crippen molar-refractivity contribution in [3.05, 3.63) is 24.0 Å². The summed E-state index contributed by atoms with van der Waals surface area (Å²) in [6, 6.07) is 3.82. The van der Waals surface area contributed by atoms with Gasteiger partial charge >= 0.3 is 0 Å². The Morgan fingerprint density at radius 1 is 1.53 bits per heavy atom. The molecule has 0 aromatic carbocycles. The molecule has 0 spiro atoms. The number of aromatic nitrogens is 2. The predicted octanol–water partition coefficient (Wildman–Crippen LogP) is 1.80. The molecule has 0 atom stereocenters. The van der Waals surface area contributed by atoms with Gasteiger partial charge in [-0.25, -0.2) is 4.98 Å². The van der Waals surface area contributed by atoms with Crippen LogP contribution in [-0.4, -0.2) is 16.5 Å². The maximum Gasteiger partial charge on any atom is 0.181 e. The van der Waals surface area contributed by atoms with E-state index >= 15 is 0 Å². The van der Waals surface area contributed by atoms with E-state index in [2.05, 4.69) is 4.98 Å². The van der Waals surface area contributed by atoms with Crippen molar-refractivity contribution >= 4 is 11.5 Å². The summed E-state index contributed by atoms with van der Waals surface area (Å²) in [5, 5.41) is 0. The summed E-state index contributed by atoms with van der Waals surface area (Å²) in [6.07, 6.45) is 4.33. The lowest BCUT2D eigenvalue weighted by molar-refractivity contribution is 0.417. The fourth-order valence-corrected chi connectivity index (χ4v) is 1.90. The molecule has 2 aromatic rings. The van der Waals surface area contributed by atoms with Crippen LogP contribution in [0.2, 0.25) is 0 Å². The van der Waals surface area contributed by atoms with Crippen molar-refractivity contribution in [3.63, 3.8) is 0 Å². The van der Waals surface area contributed by atoms with Gasteiger partial charge in [-0.1, -0.05) is 0 Å². The van der Waals surface area contributed by atoms with Crippen molar-refractivity contribution in [3.8, 4) is 5.75 Å². The minimum absolute atomic E-state index is 0.564. The van der Waals surface area contributed by atoms with Gasteiger partial charge in [0.25, 0.3) is 0 Å². The molecule has 2 aromatic heterocycles. The van der Waals surface area contributed by atoms with E-state index in [1.165, 1.54) is 12.8 Å². The molecule has 1 aliphatic rings. The smallest absolute Gasteiger partial charge is 0.181 e. The molecular formula is C11H13N3O. The molecule has 0 amide bonds. The number of pyridine rings is 1. The van der Waals surface area contributed by atoms with Crippen molar-refractivity contribution < 1.29 is 4.74 Å². The number of methoxy groups -OCH3 is 1. The molecular weight excluding hydrogens is 190 g/mol. The van der Waals surface area contributed by atoms with Crippen LogP contribution in [0.5, 0.6) is 5.75 Å². The number of ether oxygens (including phenoxy) is 1. The summed E-state index contributed by atoms with van der Waals surface area (Å²) >= 11 is 0. The number of hydrogen-bond acceptors (Lipinski definition) is 3. The van der Waals surface area contributed by atoms with Crippen LogP contribution in [0.25, 0.3) is 5.65 Å². The molecule has 2 N–H and O–H groups in total. The van der Waals surface area contributed by atoms with Crippen LogP contribution in [0, 0.1) is 0 Å². The van der Waals surface area contributed by atoms with Gasteiger partial charge in [-0.15, -0.1) is 0 Å². The number of anilines is 1. The number of nitrogens with two attached hydrogens (primary N) is 1. The Morgan fingerprint density at radius 3 is 3.00 bits per heavy atom. The largest absolute Gasteiger partial charge is 0.493 e. The Kier molecular flexibility index (Phi) is 1.65. The van der Waals surface area contributed by atoms with E-state index in [0.717, 1.165) is 22.9 Å². The number of nitrogen functional groups attached to an aromatic ring is 1. The second kappa shape index (κ2) is 2.89. The highest BCUT2D eigenvalue weighted by molar-refractivity contribution is 5.62. The van der Waals surface area contributed by atoms with Crippen LogP contribution in [0.3, 0.4) is 0 Å². The summed E-state index contributed by atoms with van der Waals surface area (Å²) < 4.78 is 7.15. The predicted molar refractivity (Wildman–Crippen MR) is 58.1 cm³/mol. The van der Waals surface area contributed by atoms with Gasteiger partial charge in [-0.2, -0.15) is 0 Å². The number of nitrogens with zero attached hydrogens (tertiary/aromatic N) is 2. The lowest BCUT2D eigenvalue weighted by Gasteiger charge is -2.01. The second-order valence-electron chi connectivity index (χ2n) is 3.93. The van der Waals surface area contributed by atoms with E-state index in [9.17, 15) is 0 Å². The molecule has 78 valence electrons. The van der Waals surface area contributed by atoms with E-state index < -0.39 is 0 Å².